The van der Waals surface area contributed by atoms with E-state index in [9.17, 15) is 26.4 Å². The Labute approximate surface area is 153 Å². The average molecular weight is 407 g/mol. The minimum atomic E-state index is -4.63. The van der Waals surface area contributed by atoms with Crippen molar-refractivity contribution in [3.05, 3.63) is 29.8 Å². The summed E-state index contributed by atoms with van der Waals surface area (Å²) in [5, 5.41) is 0.521. The molecule has 0 fully saturated rings. The highest BCUT2D eigenvalue weighted by Crippen LogP contribution is 2.22. The summed E-state index contributed by atoms with van der Waals surface area (Å²) < 4.78 is 51.3. The maximum atomic E-state index is 12.4. The third-order valence-electron chi connectivity index (χ3n) is 2.98. The Bertz CT molecular complexity index is 845. The third kappa shape index (κ3) is 5.99. The van der Waals surface area contributed by atoms with Crippen molar-refractivity contribution in [2.24, 2.45) is 0 Å². The lowest BCUT2D eigenvalue weighted by molar-refractivity contribution is -0.197. The monoisotopic (exact) mass is 407 g/mol. The van der Waals surface area contributed by atoms with Crippen molar-refractivity contribution in [3.63, 3.8) is 0 Å². The number of hydrogen-bond acceptors (Lipinski definition) is 8. The Kier molecular flexibility index (Phi) is 7.16. The quantitative estimate of drug-likeness (QED) is 0.443. The van der Waals surface area contributed by atoms with Crippen molar-refractivity contribution >= 4 is 32.9 Å². The second-order valence-corrected chi connectivity index (χ2v) is 8.68. The SMILES string of the molecule is CCC(=O)ON(C(=O)OS(=O)(=O)c1ccccc1C[SH](=O)=O)C(C)(C)C. The first-order valence-electron chi connectivity index (χ1n) is 7.57. The van der Waals surface area contributed by atoms with Gasteiger partial charge in [-0.05, 0) is 32.4 Å². The number of carbonyl (C=O) groups is 2. The lowest BCUT2D eigenvalue weighted by atomic mass is 10.1. The van der Waals surface area contributed by atoms with Crippen molar-refractivity contribution in [1.29, 1.82) is 0 Å². The number of carbonyl (C=O) groups excluding carboxylic acids is 2. The molecule has 0 heterocycles. The van der Waals surface area contributed by atoms with E-state index in [0.29, 0.717) is 5.06 Å². The highest BCUT2D eigenvalue weighted by Gasteiger charge is 2.36. The van der Waals surface area contributed by atoms with Gasteiger partial charge in [-0.1, -0.05) is 25.1 Å². The van der Waals surface area contributed by atoms with Crippen LogP contribution in [0.25, 0.3) is 0 Å². The van der Waals surface area contributed by atoms with E-state index in [1.807, 2.05) is 0 Å². The van der Waals surface area contributed by atoms with Gasteiger partial charge in [-0.15, -0.1) is 5.06 Å². The number of amides is 1. The average Bonchev–Trinajstić information content (AvgIpc) is 2.50. The van der Waals surface area contributed by atoms with E-state index in [4.69, 9.17) is 4.84 Å². The maximum Gasteiger partial charge on any atom is 0.459 e. The standard InChI is InChI=1S/C15H21NO8S2/c1-5-13(17)23-16(15(2,3)4)14(18)24-26(21,22)12-9-7-6-8-11(12)10-25(19)20/h6-9,25H,5,10H2,1-4H3. The fourth-order valence-corrected chi connectivity index (χ4v) is 3.52. The van der Waals surface area contributed by atoms with Crippen LogP contribution in [0.15, 0.2) is 29.2 Å². The zero-order chi connectivity index (χ0) is 20.1. The molecule has 0 aliphatic rings. The van der Waals surface area contributed by atoms with Gasteiger partial charge >= 0.3 is 22.2 Å². The number of benzene rings is 1. The molecular formula is C15H21NO8S2. The van der Waals surface area contributed by atoms with E-state index in [0.717, 1.165) is 6.07 Å². The third-order valence-corrected chi connectivity index (χ3v) is 4.88. The summed E-state index contributed by atoms with van der Waals surface area (Å²) in [6.07, 6.45) is -1.45. The Morgan fingerprint density at radius 2 is 1.73 bits per heavy atom. The van der Waals surface area contributed by atoms with E-state index >= 15 is 0 Å². The Morgan fingerprint density at radius 3 is 2.23 bits per heavy atom. The van der Waals surface area contributed by atoms with Crippen LogP contribution in [-0.2, 0) is 40.4 Å². The first-order chi connectivity index (χ1) is 11.9. The Hall–Kier alpha value is -2.14. The first-order valence-corrected chi connectivity index (χ1v) is 10.3. The van der Waals surface area contributed by atoms with E-state index < -0.39 is 49.1 Å². The van der Waals surface area contributed by atoms with Gasteiger partial charge in [-0.2, -0.15) is 8.42 Å². The highest BCUT2D eigenvalue weighted by atomic mass is 32.2. The van der Waals surface area contributed by atoms with Crippen molar-refractivity contribution in [2.45, 2.75) is 50.3 Å². The van der Waals surface area contributed by atoms with Gasteiger partial charge < -0.3 is 9.02 Å². The van der Waals surface area contributed by atoms with Crippen LogP contribution in [0, 0.1) is 0 Å². The summed E-state index contributed by atoms with van der Waals surface area (Å²) in [6, 6.07) is 5.24. The number of rotatable bonds is 5. The smallest absolute Gasteiger partial charge is 0.335 e. The first kappa shape index (κ1) is 21.9. The molecule has 26 heavy (non-hydrogen) atoms. The van der Waals surface area contributed by atoms with E-state index in [1.165, 1.54) is 45.9 Å². The lowest BCUT2D eigenvalue weighted by Gasteiger charge is -2.31. The second-order valence-electron chi connectivity index (χ2n) is 6.18. The Morgan fingerprint density at radius 1 is 1.15 bits per heavy atom. The van der Waals surface area contributed by atoms with Gasteiger partial charge in [0.05, 0.1) is 11.3 Å². The maximum absolute atomic E-state index is 12.4. The molecule has 0 unspecified atom stereocenters. The molecule has 0 atom stereocenters. The molecule has 0 N–H and O–H groups in total. The normalized spacial score (nSPS) is 11.9. The second kappa shape index (κ2) is 8.49. The Balaban J connectivity index is 3.19. The van der Waals surface area contributed by atoms with Crippen LogP contribution in [0.4, 0.5) is 4.79 Å². The van der Waals surface area contributed by atoms with Gasteiger partial charge in [-0.25, -0.2) is 18.0 Å². The van der Waals surface area contributed by atoms with E-state index in [2.05, 4.69) is 4.18 Å². The van der Waals surface area contributed by atoms with Crippen LogP contribution < -0.4 is 0 Å². The zero-order valence-corrected chi connectivity index (χ0v) is 16.5. The summed E-state index contributed by atoms with van der Waals surface area (Å²) in [4.78, 5) is 28.2. The van der Waals surface area contributed by atoms with Crippen LogP contribution in [0.2, 0.25) is 0 Å². The molecule has 0 aliphatic heterocycles. The molecule has 0 bridgehead atoms. The van der Waals surface area contributed by atoms with Crippen LogP contribution in [0.1, 0.15) is 39.7 Å². The molecule has 11 heteroatoms. The topological polar surface area (TPSA) is 124 Å². The number of hydrogen-bond donors (Lipinski definition) is 1. The summed E-state index contributed by atoms with van der Waals surface area (Å²) in [5.74, 6) is -1.28. The minimum Gasteiger partial charge on any atom is -0.335 e. The molecule has 0 radical (unpaired) electrons. The lowest BCUT2D eigenvalue weighted by Crippen LogP contribution is -2.47. The van der Waals surface area contributed by atoms with Crippen molar-refractivity contribution in [2.75, 3.05) is 0 Å². The largest absolute Gasteiger partial charge is 0.459 e. The fraction of sp³-hybridized carbons (Fsp3) is 0.467. The van der Waals surface area contributed by atoms with Crippen molar-refractivity contribution < 1.29 is 35.4 Å². The molecule has 146 valence electrons. The highest BCUT2D eigenvalue weighted by molar-refractivity contribution is 7.87. The molecule has 1 aromatic rings. The molecule has 0 saturated carbocycles. The van der Waals surface area contributed by atoms with Crippen LogP contribution >= 0.6 is 0 Å². The molecule has 9 nitrogen and oxygen atoms in total. The summed E-state index contributed by atoms with van der Waals surface area (Å²) in [5.41, 5.74) is -1.11. The predicted octanol–water partition coefficient (Wildman–Crippen LogP) is 1.59. The van der Waals surface area contributed by atoms with E-state index in [1.54, 1.807) is 0 Å². The van der Waals surface area contributed by atoms with Gasteiger partial charge in [-0.3, -0.25) is 0 Å². The molecule has 1 aromatic carbocycles. The summed E-state index contributed by atoms with van der Waals surface area (Å²) >= 11 is 0. The minimum absolute atomic E-state index is 0.0357. The summed E-state index contributed by atoms with van der Waals surface area (Å²) in [7, 11) is -7.52. The number of nitrogens with zero attached hydrogens (tertiary/aromatic N) is 1. The fourth-order valence-electron chi connectivity index (χ4n) is 1.80. The molecule has 0 aromatic heterocycles. The van der Waals surface area contributed by atoms with Crippen molar-refractivity contribution in [3.8, 4) is 0 Å². The molecule has 1 amide bonds. The predicted molar refractivity (Wildman–Crippen MR) is 92.1 cm³/mol. The van der Waals surface area contributed by atoms with Gasteiger partial charge in [0.1, 0.15) is 15.6 Å². The van der Waals surface area contributed by atoms with Crippen LogP contribution in [-0.4, -0.2) is 39.5 Å². The van der Waals surface area contributed by atoms with E-state index in [-0.39, 0.29) is 12.0 Å². The number of hydroxylamine groups is 2. The van der Waals surface area contributed by atoms with Gasteiger partial charge in [0, 0.05) is 6.42 Å². The van der Waals surface area contributed by atoms with Crippen LogP contribution in [0.5, 0.6) is 0 Å². The molecule has 1 rings (SSSR count). The van der Waals surface area contributed by atoms with Gasteiger partial charge in [0.2, 0.25) is 0 Å². The summed E-state index contributed by atoms with van der Waals surface area (Å²) in [6.45, 7) is 6.05. The zero-order valence-electron chi connectivity index (χ0n) is 14.8. The molecule has 0 spiro atoms. The van der Waals surface area contributed by atoms with Gasteiger partial charge in [0.25, 0.3) is 0 Å². The molecule has 0 aliphatic carbocycles. The van der Waals surface area contributed by atoms with Crippen LogP contribution in [0.3, 0.4) is 0 Å². The molecular weight excluding hydrogens is 386 g/mol. The molecule has 0 saturated heterocycles. The van der Waals surface area contributed by atoms with Crippen molar-refractivity contribution in [1.82, 2.24) is 5.06 Å². The number of thiol groups is 1. The van der Waals surface area contributed by atoms with Gasteiger partial charge in [0.15, 0.2) is 0 Å².